The van der Waals surface area contributed by atoms with Gasteiger partial charge in [0, 0.05) is 13.7 Å². The Morgan fingerprint density at radius 1 is 1.30 bits per heavy atom. The molecule has 5 nitrogen and oxygen atoms in total. The van der Waals surface area contributed by atoms with E-state index in [-0.39, 0.29) is 5.91 Å². The molecule has 0 saturated carbocycles. The normalized spacial score (nSPS) is 11.9. The quantitative estimate of drug-likeness (QED) is 0.672. The lowest BCUT2D eigenvalue weighted by Gasteiger charge is -2.11. The van der Waals surface area contributed by atoms with Crippen LogP contribution in [0.25, 0.3) is 0 Å². The smallest absolute Gasteiger partial charge is 0.237 e. The Hall–Kier alpha value is -1.59. The summed E-state index contributed by atoms with van der Waals surface area (Å²) >= 11 is 0. The average Bonchev–Trinajstić information content (AvgIpc) is 2.46. The first-order chi connectivity index (χ1) is 9.67. The van der Waals surface area contributed by atoms with Crippen molar-refractivity contribution in [2.24, 2.45) is 5.73 Å². The molecule has 1 atom stereocenters. The molecule has 0 heterocycles. The first-order valence-electron chi connectivity index (χ1n) is 6.91. The highest BCUT2D eigenvalue weighted by Gasteiger charge is 2.11. The minimum absolute atomic E-state index is 0.104. The molecular formula is C15H24N2O3. The molecule has 0 aliphatic rings. The van der Waals surface area contributed by atoms with Crippen LogP contribution in [-0.2, 0) is 16.1 Å². The Kier molecular flexibility index (Phi) is 7.69. The Morgan fingerprint density at radius 3 is 2.60 bits per heavy atom. The number of amides is 1. The fourth-order valence-corrected chi connectivity index (χ4v) is 1.71. The van der Waals surface area contributed by atoms with Crippen molar-refractivity contribution in [3.05, 3.63) is 29.8 Å². The Balaban J connectivity index is 2.36. The highest BCUT2D eigenvalue weighted by molar-refractivity contribution is 5.81. The molecule has 0 radical (unpaired) electrons. The standard InChI is InChI=1S/C15H24N2O3/c1-3-4-14(16)15(18)17-11-12-5-7-13(8-6-12)20-10-9-19-2/h5-8,14H,3-4,9-11,16H2,1-2H3,(H,17,18). The number of nitrogens with one attached hydrogen (secondary N) is 1. The van der Waals surface area contributed by atoms with E-state index in [2.05, 4.69) is 5.32 Å². The van der Waals surface area contributed by atoms with E-state index in [0.717, 1.165) is 17.7 Å². The maximum atomic E-state index is 11.7. The number of carbonyl (C=O) groups is 1. The molecule has 5 heteroatoms. The summed E-state index contributed by atoms with van der Waals surface area (Å²) in [5, 5.41) is 2.83. The molecule has 0 aromatic heterocycles. The zero-order valence-electron chi connectivity index (χ0n) is 12.2. The van der Waals surface area contributed by atoms with Gasteiger partial charge in [0.15, 0.2) is 0 Å². The van der Waals surface area contributed by atoms with Gasteiger partial charge >= 0.3 is 0 Å². The lowest BCUT2D eigenvalue weighted by molar-refractivity contribution is -0.122. The maximum absolute atomic E-state index is 11.7. The number of carbonyl (C=O) groups excluding carboxylic acids is 1. The van der Waals surface area contributed by atoms with Crippen molar-refractivity contribution in [3.8, 4) is 5.75 Å². The number of methoxy groups -OCH3 is 1. The SMILES string of the molecule is CCCC(N)C(=O)NCc1ccc(OCCOC)cc1. The average molecular weight is 280 g/mol. The second-order valence-electron chi connectivity index (χ2n) is 4.60. The van der Waals surface area contributed by atoms with E-state index in [0.29, 0.717) is 26.2 Å². The molecule has 3 N–H and O–H groups in total. The number of hydrogen-bond donors (Lipinski definition) is 2. The third-order valence-corrected chi connectivity index (χ3v) is 2.88. The van der Waals surface area contributed by atoms with Gasteiger partial charge in [0.2, 0.25) is 5.91 Å². The van der Waals surface area contributed by atoms with Gasteiger partial charge in [-0.3, -0.25) is 4.79 Å². The van der Waals surface area contributed by atoms with Crippen molar-refractivity contribution >= 4 is 5.91 Å². The molecule has 0 spiro atoms. The van der Waals surface area contributed by atoms with Gasteiger partial charge in [0.05, 0.1) is 12.6 Å². The molecule has 0 bridgehead atoms. The highest BCUT2D eigenvalue weighted by Crippen LogP contribution is 2.12. The van der Waals surface area contributed by atoms with Crippen LogP contribution in [-0.4, -0.2) is 32.3 Å². The predicted octanol–water partition coefficient (Wildman–Crippen LogP) is 1.46. The van der Waals surface area contributed by atoms with E-state index < -0.39 is 6.04 Å². The summed E-state index contributed by atoms with van der Waals surface area (Å²) < 4.78 is 10.4. The highest BCUT2D eigenvalue weighted by atomic mass is 16.5. The van der Waals surface area contributed by atoms with Crippen molar-refractivity contribution in [2.75, 3.05) is 20.3 Å². The van der Waals surface area contributed by atoms with E-state index in [9.17, 15) is 4.79 Å². The number of hydrogen-bond acceptors (Lipinski definition) is 4. The van der Waals surface area contributed by atoms with Crippen LogP contribution in [0.5, 0.6) is 5.75 Å². The Labute approximate surface area is 120 Å². The first-order valence-corrected chi connectivity index (χ1v) is 6.91. The zero-order chi connectivity index (χ0) is 14.8. The molecule has 20 heavy (non-hydrogen) atoms. The van der Waals surface area contributed by atoms with Gasteiger partial charge in [-0.2, -0.15) is 0 Å². The first kappa shape index (κ1) is 16.5. The van der Waals surface area contributed by atoms with Crippen LogP contribution in [0.1, 0.15) is 25.3 Å². The van der Waals surface area contributed by atoms with Crippen LogP contribution >= 0.6 is 0 Å². The van der Waals surface area contributed by atoms with Crippen molar-refractivity contribution < 1.29 is 14.3 Å². The van der Waals surface area contributed by atoms with Crippen molar-refractivity contribution in [1.82, 2.24) is 5.32 Å². The van der Waals surface area contributed by atoms with Crippen molar-refractivity contribution in [2.45, 2.75) is 32.4 Å². The second-order valence-corrected chi connectivity index (χ2v) is 4.60. The van der Waals surface area contributed by atoms with Gasteiger partial charge in [-0.15, -0.1) is 0 Å². The number of ether oxygens (including phenoxy) is 2. The molecule has 1 aromatic carbocycles. The van der Waals surface area contributed by atoms with E-state index in [1.165, 1.54) is 0 Å². The van der Waals surface area contributed by atoms with Gasteiger partial charge in [0.25, 0.3) is 0 Å². The molecule has 1 rings (SSSR count). The molecule has 0 fully saturated rings. The summed E-state index contributed by atoms with van der Waals surface area (Å²) in [5.41, 5.74) is 6.76. The minimum Gasteiger partial charge on any atom is -0.491 e. The molecule has 1 aromatic rings. The molecule has 0 saturated heterocycles. The molecule has 1 unspecified atom stereocenters. The third kappa shape index (κ3) is 6.04. The topological polar surface area (TPSA) is 73.6 Å². The molecule has 0 aliphatic carbocycles. The summed E-state index contributed by atoms with van der Waals surface area (Å²) in [6.07, 6.45) is 1.61. The van der Waals surface area contributed by atoms with Crippen LogP contribution in [0.4, 0.5) is 0 Å². The fraction of sp³-hybridized carbons (Fsp3) is 0.533. The van der Waals surface area contributed by atoms with Gasteiger partial charge in [-0.25, -0.2) is 0 Å². The van der Waals surface area contributed by atoms with E-state index in [1.54, 1.807) is 7.11 Å². The second kappa shape index (κ2) is 9.34. The molecule has 0 aliphatic heterocycles. The Bertz CT molecular complexity index is 393. The molecular weight excluding hydrogens is 256 g/mol. The summed E-state index contributed by atoms with van der Waals surface area (Å²) in [5.74, 6) is 0.687. The summed E-state index contributed by atoms with van der Waals surface area (Å²) in [6, 6.07) is 7.19. The molecule has 112 valence electrons. The maximum Gasteiger partial charge on any atom is 0.237 e. The Morgan fingerprint density at radius 2 is 2.00 bits per heavy atom. The number of rotatable bonds is 9. The van der Waals surface area contributed by atoms with Crippen molar-refractivity contribution in [3.63, 3.8) is 0 Å². The largest absolute Gasteiger partial charge is 0.491 e. The predicted molar refractivity (Wildman–Crippen MR) is 78.5 cm³/mol. The summed E-state index contributed by atoms with van der Waals surface area (Å²) in [6.45, 7) is 3.58. The van der Waals surface area contributed by atoms with Crippen LogP contribution in [0, 0.1) is 0 Å². The van der Waals surface area contributed by atoms with Crippen molar-refractivity contribution in [1.29, 1.82) is 0 Å². The fourth-order valence-electron chi connectivity index (χ4n) is 1.71. The van der Waals surface area contributed by atoms with Crippen LogP contribution in [0.3, 0.4) is 0 Å². The van der Waals surface area contributed by atoms with E-state index in [1.807, 2.05) is 31.2 Å². The third-order valence-electron chi connectivity index (χ3n) is 2.88. The van der Waals surface area contributed by atoms with Gasteiger partial charge in [0.1, 0.15) is 12.4 Å². The van der Waals surface area contributed by atoms with Crippen LogP contribution < -0.4 is 15.8 Å². The van der Waals surface area contributed by atoms with Crippen LogP contribution in [0.2, 0.25) is 0 Å². The van der Waals surface area contributed by atoms with Crippen LogP contribution in [0.15, 0.2) is 24.3 Å². The number of benzene rings is 1. The lowest BCUT2D eigenvalue weighted by atomic mass is 10.1. The van der Waals surface area contributed by atoms with E-state index >= 15 is 0 Å². The van der Waals surface area contributed by atoms with E-state index in [4.69, 9.17) is 15.2 Å². The van der Waals surface area contributed by atoms with Gasteiger partial charge in [-0.05, 0) is 24.1 Å². The lowest BCUT2D eigenvalue weighted by Crippen LogP contribution is -2.40. The van der Waals surface area contributed by atoms with Gasteiger partial charge in [-0.1, -0.05) is 25.5 Å². The molecule has 1 amide bonds. The van der Waals surface area contributed by atoms with Gasteiger partial charge < -0.3 is 20.5 Å². The zero-order valence-corrected chi connectivity index (χ0v) is 12.2. The summed E-state index contributed by atoms with van der Waals surface area (Å²) in [7, 11) is 1.64. The number of nitrogens with two attached hydrogens (primary N) is 1. The monoisotopic (exact) mass is 280 g/mol. The summed E-state index contributed by atoms with van der Waals surface area (Å²) in [4.78, 5) is 11.7. The minimum atomic E-state index is -0.420.